The highest BCUT2D eigenvalue weighted by Crippen LogP contribution is 2.21. The van der Waals surface area contributed by atoms with Gasteiger partial charge in [0.15, 0.2) is 5.96 Å². The van der Waals surface area contributed by atoms with Crippen LogP contribution in [0.4, 0.5) is 0 Å². The molecule has 0 bridgehead atoms. The number of hydrogen-bond donors (Lipinski definition) is 1. The van der Waals surface area contributed by atoms with Gasteiger partial charge in [-0.05, 0) is 24.6 Å². The molecule has 1 fully saturated rings. The average Bonchev–Trinajstić information content (AvgIpc) is 3.54. The summed E-state index contributed by atoms with van der Waals surface area (Å²) in [5.74, 6) is 0.384. The lowest BCUT2D eigenvalue weighted by molar-refractivity contribution is -0.108. The molecule has 3 rings (SSSR count). The van der Waals surface area contributed by atoms with Crippen LogP contribution in [0.3, 0.4) is 0 Å². The van der Waals surface area contributed by atoms with Gasteiger partial charge < -0.3 is 15.4 Å². The van der Waals surface area contributed by atoms with Crippen molar-refractivity contribution in [3.05, 3.63) is 47.8 Å². The van der Waals surface area contributed by atoms with Crippen LogP contribution in [-0.2, 0) is 4.79 Å². The Morgan fingerprint density at radius 3 is 2.34 bits per heavy atom. The van der Waals surface area contributed by atoms with E-state index in [1.807, 2.05) is 79.2 Å². The van der Waals surface area contributed by atoms with Crippen molar-refractivity contribution in [2.45, 2.75) is 66.3 Å². The molecule has 1 atom stereocenters. The number of rotatable bonds is 5. The third kappa shape index (κ3) is 10.5. The average molecular weight is 402 g/mol. The molecule has 2 N–H and O–H groups in total. The third-order valence-electron chi connectivity index (χ3n) is 3.67. The molecule has 0 spiro atoms. The maximum atomic E-state index is 10.9. The van der Waals surface area contributed by atoms with Gasteiger partial charge in [-0.1, -0.05) is 59.1 Å². The van der Waals surface area contributed by atoms with Crippen LogP contribution in [-0.4, -0.2) is 41.0 Å². The Kier molecular flexibility index (Phi) is 13.9. The minimum atomic E-state index is -0.321. The molecular formula is C23H39N5O. The Morgan fingerprint density at radius 2 is 1.86 bits per heavy atom. The quantitative estimate of drug-likeness (QED) is 0.439. The lowest BCUT2D eigenvalue weighted by Crippen LogP contribution is -2.31. The van der Waals surface area contributed by atoms with E-state index in [2.05, 4.69) is 10.1 Å². The van der Waals surface area contributed by atoms with Crippen LogP contribution in [0, 0.1) is 6.92 Å². The summed E-state index contributed by atoms with van der Waals surface area (Å²) in [5, 5.41) is 4.36. The highest BCUT2D eigenvalue weighted by atomic mass is 16.1. The number of carbonyl (C=O) groups is 1. The molecule has 1 heterocycles. The number of aromatic nitrogens is 2. The summed E-state index contributed by atoms with van der Waals surface area (Å²) in [5.41, 5.74) is 8.85. The minimum absolute atomic E-state index is 0.272. The van der Waals surface area contributed by atoms with Gasteiger partial charge in [-0.2, -0.15) is 5.10 Å². The molecule has 6 nitrogen and oxygen atoms in total. The third-order valence-corrected chi connectivity index (χ3v) is 3.67. The van der Waals surface area contributed by atoms with Crippen molar-refractivity contribution in [2.24, 2.45) is 10.7 Å². The summed E-state index contributed by atoms with van der Waals surface area (Å²) >= 11 is 0. The van der Waals surface area contributed by atoms with Gasteiger partial charge in [0.25, 0.3) is 0 Å². The molecule has 1 aliphatic rings. The van der Waals surface area contributed by atoms with Gasteiger partial charge in [-0.15, -0.1) is 0 Å². The van der Waals surface area contributed by atoms with Crippen LogP contribution < -0.4 is 5.73 Å². The highest BCUT2D eigenvalue weighted by molar-refractivity contribution is 5.78. The number of benzene rings is 1. The molecule has 6 heteroatoms. The molecule has 29 heavy (non-hydrogen) atoms. The van der Waals surface area contributed by atoms with E-state index in [1.165, 1.54) is 19.3 Å². The van der Waals surface area contributed by atoms with Gasteiger partial charge >= 0.3 is 0 Å². The minimum Gasteiger partial charge on any atom is -0.370 e. The van der Waals surface area contributed by atoms with Crippen LogP contribution in [0.1, 0.15) is 70.5 Å². The van der Waals surface area contributed by atoms with E-state index in [1.54, 1.807) is 15.8 Å². The number of aliphatic imine (C=N–C) groups is 1. The van der Waals surface area contributed by atoms with Crippen molar-refractivity contribution in [3.63, 3.8) is 0 Å². The Labute approximate surface area is 176 Å². The van der Waals surface area contributed by atoms with E-state index in [0.29, 0.717) is 5.96 Å². The molecule has 1 aromatic carbocycles. The van der Waals surface area contributed by atoms with E-state index in [9.17, 15) is 4.79 Å². The summed E-state index contributed by atoms with van der Waals surface area (Å²) in [7, 11) is 3.62. The van der Waals surface area contributed by atoms with E-state index in [-0.39, 0.29) is 12.5 Å². The molecule has 162 valence electrons. The predicted octanol–water partition coefficient (Wildman–Crippen LogP) is 4.91. The van der Waals surface area contributed by atoms with Gasteiger partial charge in [0.1, 0.15) is 6.29 Å². The Bertz CT molecular complexity index is 717. The predicted molar refractivity (Wildman–Crippen MR) is 124 cm³/mol. The first-order chi connectivity index (χ1) is 14.0. The van der Waals surface area contributed by atoms with Gasteiger partial charge in [0, 0.05) is 32.3 Å². The van der Waals surface area contributed by atoms with Crippen LogP contribution in [0.5, 0.6) is 0 Å². The molecule has 0 radical (unpaired) electrons. The molecule has 2 aromatic rings. The zero-order valence-corrected chi connectivity index (χ0v) is 19.2. The molecule has 1 aliphatic carbocycles. The van der Waals surface area contributed by atoms with Crippen LogP contribution in [0.25, 0.3) is 5.69 Å². The van der Waals surface area contributed by atoms with Crippen molar-refractivity contribution in [1.82, 2.24) is 14.7 Å². The van der Waals surface area contributed by atoms with Crippen molar-refractivity contribution >= 4 is 12.2 Å². The van der Waals surface area contributed by atoms with Gasteiger partial charge in [-0.3, -0.25) is 0 Å². The van der Waals surface area contributed by atoms with Crippen molar-refractivity contribution in [2.75, 3.05) is 14.1 Å². The zero-order chi connectivity index (χ0) is 22.2. The normalized spacial score (nSPS) is 12.7. The summed E-state index contributed by atoms with van der Waals surface area (Å²) in [6, 6.07) is 7.72. The first-order valence-corrected chi connectivity index (χ1v) is 10.6. The second-order valence-electron chi connectivity index (χ2n) is 6.42. The lowest BCUT2D eigenvalue weighted by Gasteiger charge is -2.14. The number of hydrogen-bond acceptors (Lipinski definition) is 3. The lowest BCUT2D eigenvalue weighted by atomic mass is 10.1. The smallest absolute Gasteiger partial charge is 0.191 e. The summed E-state index contributed by atoms with van der Waals surface area (Å²) in [6.45, 7) is 10.0. The standard InChI is InChI=1S/C16H21N5O.C3H6.2C2H6/c1-12-5-4-6-14(9-12)21-11-13(10-18-21)15(7-8-22)19-16(17)20(2)3;1-2-3-1;2*1-2/h4-6,8-11,15H,7H2,1-3H3,(H2,17,19);1-3H2;2*1-2H3. The van der Waals surface area contributed by atoms with Gasteiger partial charge in [0.05, 0.1) is 17.9 Å². The fraction of sp³-hybridized carbons (Fsp3) is 0.522. The first-order valence-electron chi connectivity index (χ1n) is 10.6. The van der Waals surface area contributed by atoms with Crippen molar-refractivity contribution < 1.29 is 4.79 Å². The fourth-order valence-electron chi connectivity index (χ4n) is 2.05. The summed E-state index contributed by atoms with van der Waals surface area (Å²) in [4.78, 5) is 17.0. The maximum absolute atomic E-state index is 10.9. The molecular weight excluding hydrogens is 362 g/mol. The van der Waals surface area contributed by atoms with E-state index in [0.717, 1.165) is 23.1 Å². The fourth-order valence-corrected chi connectivity index (χ4v) is 2.05. The zero-order valence-electron chi connectivity index (χ0n) is 19.2. The highest BCUT2D eigenvalue weighted by Gasteiger charge is 2.14. The van der Waals surface area contributed by atoms with Crippen molar-refractivity contribution in [3.8, 4) is 5.69 Å². The molecule has 1 aromatic heterocycles. The van der Waals surface area contributed by atoms with Crippen LogP contribution >= 0.6 is 0 Å². The Morgan fingerprint density at radius 1 is 1.24 bits per heavy atom. The summed E-state index contributed by atoms with van der Waals surface area (Å²) in [6.07, 6.45) is 9.23. The van der Waals surface area contributed by atoms with E-state index >= 15 is 0 Å². The topological polar surface area (TPSA) is 76.5 Å². The van der Waals surface area contributed by atoms with Gasteiger partial charge in [0.2, 0.25) is 0 Å². The number of carbonyl (C=O) groups excluding carboxylic acids is 1. The van der Waals surface area contributed by atoms with Crippen LogP contribution in [0.2, 0.25) is 0 Å². The largest absolute Gasteiger partial charge is 0.370 e. The molecule has 1 unspecified atom stereocenters. The summed E-state index contributed by atoms with van der Waals surface area (Å²) < 4.78 is 1.78. The van der Waals surface area contributed by atoms with Crippen LogP contribution in [0.15, 0.2) is 41.7 Å². The van der Waals surface area contributed by atoms with Crippen molar-refractivity contribution in [1.29, 1.82) is 0 Å². The molecule has 1 saturated carbocycles. The maximum Gasteiger partial charge on any atom is 0.191 e. The molecule has 0 amide bonds. The number of guanidine groups is 1. The Balaban J connectivity index is 0.000000973. The number of aldehydes is 1. The van der Waals surface area contributed by atoms with E-state index in [4.69, 9.17) is 5.73 Å². The number of aryl methyl sites for hydroxylation is 1. The second kappa shape index (κ2) is 15.3. The van der Waals surface area contributed by atoms with E-state index < -0.39 is 0 Å². The Hall–Kier alpha value is -2.63. The monoisotopic (exact) mass is 401 g/mol. The SMILES string of the molecule is C1CC1.CC.CC.Cc1cccc(-n2cc(C(CC=O)N=C(N)N(C)C)cn2)c1. The first kappa shape index (κ1) is 26.4. The number of nitrogens with zero attached hydrogens (tertiary/aromatic N) is 4. The second-order valence-corrected chi connectivity index (χ2v) is 6.42. The van der Waals surface area contributed by atoms with Gasteiger partial charge in [-0.25, -0.2) is 9.67 Å². The number of nitrogens with two attached hydrogens (primary N) is 1. The molecule has 0 saturated heterocycles. The molecule has 0 aliphatic heterocycles.